The zero-order valence-electron chi connectivity index (χ0n) is 9.94. The summed E-state index contributed by atoms with van der Waals surface area (Å²) >= 11 is 0.892. The van der Waals surface area contributed by atoms with Gasteiger partial charge in [0.05, 0.1) is 18.1 Å². The average molecular weight is 301 g/mol. The van der Waals surface area contributed by atoms with Crippen LogP contribution in [0.1, 0.15) is 15.9 Å². The number of rotatable bonds is 5. The molecule has 102 valence electrons. The highest BCUT2D eigenvalue weighted by molar-refractivity contribution is 7.91. The molecule has 8 heteroatoms. The third kappa shape index (κ3) is 2.86. The van der Waals surface area contributed by atoms with Gasteiger partial charge in [0.2, 0.25) is 0 Å². The first-order valence-corrected chi connectivity index (χ1v) is 7.52. The summed E-state index contributed by atoms with van der Waals surface area (Å²) in [6.45, 7) is 0.166. The van der Waals surface area contributed by atoms with E-state index in [1.54, 1.807) is 6.07 Å². The minimum Gasteiger partial charge on any atom is -0.478 e. The van der Waals surface area contributed by atoms with Crippen molar-refractivity contribution in [1.29, 1.82) is 0 Å². The van der Waals surface area contributed by atoms with Gasteiger partial charge in [-0.15, -0.1) is 11.3 Å². The predicted octanol–water partition coefficient (Wildman–Crippen LogP) is 1.86. The normalized spacial score (nSPS) is 11.9. The number of carboxylic acid groups (broad SMARTS) is 1. The number of carboxylic acids is 1. The van der Waals surface area contributed by atoms with E-state index in [9.17, 15) is 13.2 Å². The summed E-state index contributed by atoms with van der Waals surface area (Å²) in [5, 5.41) is 10.1. The molecule has 0 aliphatic heterocycles. The Labute approximate surface area is 113 Å². The van der Waals surface area contributed by atoms with Gasteiger partial charge in [-0.1, -0.05) is 0 Å². The van der Waals surface area contributed by atoms with Crippen molar-refractivity contribution in [3.8, 4) is 0 Å². The van der Waals surface area contributed by atoms with E-state index in [1.165, 1.54) is 25.0 Å². The van der Waals surface area contributed by atoms with E-state index in [0.717, 1.165) is 27.3 Å². The molecule has 19 heavy (non-hydrogen) atoms. The maximum Gasteiger partial charge on any atom is 0.336 e. The highest BCUT2D eigenvalue weighted by atomic mass is 32.2. The van der Waals surface area contributed by atoms with Gasteiger partial charge in [-0.25, -0.2) is 13.2 Å². The van der Waals surface area contributed by atoms with Crippen LogP contribution in [-0.4, -0.2) is 30.8 Å². The molecule has 2 heterocycles. The molecule has 0 atom stereocenters. The van der Waals surface area contributed by atoms with Gasteiger partial charge < -0.3 is 9.52 Å². The monoisotopic (exact) mass is 301 g/mol. The Balaban J connectivity index is 2.23. The summed E-state index contributed by atoms with van der Waals surface area (Å²) < 4.78 is 30.4. The second-order valence-corrected chi connectivity index (χ2v) is 7.04. The van der Waals surface area contributed by atoms with Crippen molar-refractivity contribution in [3.05, 3.63) is 41.2 Å². The molecule has 1 N–H and O–H groups in total. The number of furan rings is 1. The minimum atomic E-state index is -3.68. The molecule has 0 aromatic carbocycles. The Morgan fingerprint density at radius 1 is 1.53 bits per heavy atom. The molecule has 0 bridgehead atoms. The van der Waals surface area contributed by atoms with Gasteiger partial charge in [0.15, 0.2) is 0 Å². The summed E-state index contributed by atoms with van der Waals surface area (Å²) in [6, 6.07) is 2.83. The van der Waals surface area contributed by atoms with Gasteiger partial charge in [-0.3, -0.25) is 0 Å². The average Bonchev–Trinajstić information content (AvgIpc) is 2.99. The lowest BCUT2D eigenvalue weighted by Crippen LogP contribution is -2.25. The SMILES string of the molecule is CN(Cc1ccoc1)S(=O)(=O)c1cc(C(=O)O)cs1. The molecule has 2 rings (SSSR count). The smallest absolute Gasteiger partial charge is 0.336 e. The lowest BCUT2D eigenvalue weighted by Gasteiger charge is -2.14. The van der Waals surface area contributed by atoms with Crippen molar-refractivity contribution in [2.24, 2.45) is 0 Å². The van der Waals surface area contributed by atoms with E-state index in [-0.39, 0.29) is 16.3 Å². The van der Waals surface area contributed by atoms with E-state index in [4.69, 9.17) is 9.52 Å². The highest BCUT2D eigenvalue weighted by Gasteiger charge is 2.24. The van der Waals surface area contributed by atoms with E-state index in [1.807, 2.05) is 0 Å². The molecule has 0 radical (unpaired) electrons. The standard InChI is InChI=1S/C11H11NO5S2/c1-12(5-8-2-3-17-6-8)19(15,16)10-4-9(7-18-10)11(13)14/h2-4,6-7H,5H2,1H3,(H,13,14). The van der Waals surface area contributed by atoms with Gasteiger partial charge in [-0.05, 0) is 12.1 Å². The van der Waals surface area contributed by atoms with Crippen molar-refractivity contribution in [3.63, 3.8) is 0 Å². The largest absolute Gasteiger partial charge is 0.478 e. The fourth-order valence-corrected chi connectivity index (χ4v) is 3.96. The van der Waals surface area contributed by atoms with Crippen molar-refractivity contribution in [1.82, 2.24) is 4.31 Å². The first-order valence-electron chi connectivity index (χ1n) is 5.20. The zero-order chi connectivity index (χ0) is 14.0. The number of carbonyl (C=O) groups is 1. The van der Waals surface area contributed by atoms with Crippen LogP contribution in [0, 0.1) is 0 Å². The van der Waals surface area contributed by atoms with Gasteiger partial charge in [0.1, 0.15) is 4.21 Å². The van der Waals surface area contributed by atoms with Crippen molar-refractivity contribution >= 4 is 27.3 Å². The lowest BCUT2D eigenvalue weighted by atomic mass is 10.3. The van der Waals surface area contributed by atoms with Gasteiger partial charge in [0.25, 0.3) is 10.0 Å². The highest BCUT2D eigenvalue weighted by Crippen LogP contribution is 2.24. The Hall–Kier alpha value is -1.64. The summed E-state index contributed by atoms with van der Waals surface area (Å²) in [5.74, 6) is -1.14. The second kappa shape index (κ2) is 5.16. The fourth-order valence-electron chi connectivity index (χ4n) is 1.44. The van der Waals surface area contributed by atoms with E-state index in [0.29, 0.717) is 0 Å². The molecule has 0 saturated carbocycles. The number of thiophene rings is 1. The van der Waals surface area contributed by atoms with Crippen LogP contribution in [-0.2, 0) is 16.6 Å². The van der Waals surface area contributed by atoms with Crippen LogP contribution in [0.4, 0.5) is 0 Å². The maximum atomic E-state index is 12.2. The van der Waals surface area contributed by atoms with Gasteiger partial charge in [0, 0.05) is 24.5 Å². The molecular weight excluding hydrogens is 290 g/mol. The van der Waals surface area contributed by atoms with Crippen LogP contribution in [0.25, 0.3) is 0 Å². The molecule has 2 aromatic heterocycles. The van der Waals surface area contributed by atoms with Gasteiger partial charge in [-0.2, -0.15) is 4.31 Å². The lowest BCUT2D eigenvalue weighted by molar-refractivity contribution is 0.0697. The maximum absolute atomic E-state index is 12.2. The first kappa shape index (κ1) is 13.8. The topological polar surface area (TPSA) is 87.8 Å². The molecule has 6 nitrogen and oxygen atoms in total. The fraction of sp³-hybridized carbons (Fsp3) is 0.182. The van der Waals surface area contributed by atoms with Crippen molar-refractivity contribution < 1.29 is 22.7 Å². The van der Waals surface area contributed by atoms with Crippen LogP contribution in [0.5, 0.6) is 0 Å². The predicted molar refractivity (Wildman–Crippen MR) is 68.6 cm³/mol. The molecule has 0 aliphatic rings. The molecule has 0 amide bonds. The Morgan fingerprint density at radius 2 is 2.26 bits per heavy atom. The van der Waals surface area contributed by atoms with Crippen LogP contribution in [0.3, 0.4) is 0 Å². The van der Waals surface area contributed by atoms with E-state index < -0.39 is 16.0 Å². The van der Waals surface area contributed by atoms with Crippen LogP contribution in [0.2, 0.25) is 0 Å². The molecule has 0 saturated heterocycles. The van der Waals surface area contributed by atoms with Crippen LogP contribution in [0.15, 0.2) is 38.7 Å². The van der Waals surface area contributed by atoms with Crippen molar-refractivity contribution in [2.45, 2.75) is 10.8 Å². The Kier molecular flexibility index (Phi) is 3.74. The number of aromatic carboxylic acids is 1. The number of hydrogen-bond acceptors (Lipinski definition) is 5. The molecule has 0 aliphatic carbocycles. The van der Waals surface area contributed by atoms with E-state index in [2.05, 4.69) is 0 Å². The summed E-state index contributed by atoms with van der Waals surface area (Å²) in [5.41, 5.74) is 0.696. The molecule has 0 fully saturated rings. The van der Waals surface area contributed by atoms with E-state index >= 15 is 0 Å². The molecular formula is C11H11NO5S2. The summed E-state index contributed by atoms with van der Waals surface area (Å²) in [7, 11) is -2.25. The summed E-state index contributed by atoms with van der Waals surface area (Å²) in [6.07, 6.45) is 2.92. The summed E-state index contributed by atoms with van der Waals surface area (Å²) in [4.78, 5) is 10.8. The third-order valence-electron chi connectivity index (χ3n) is 2.47. The Bertz CT molecular complexity index is 672. The van der Waals surface area contributed by atoms with Crippen LogP contribution < -0.4 is 0 Å². The second-order valence-electron chi connectivity index (χ2n) is 3.85. The zero-order valence-corrected chi connectivity index (χ0v) is 11.6. The number of sulfonamides is 1. The minimum absolute atomic E-state index is 0.0101. The number of hydrogen-bond donors (Lipinski definition) is 1. The molecule has 2 aromatic rings. The first-order chi connectivity index (χ1) is 8.91. The molecule has 0 spiro atoms. The third-order valence-corrected chi connectivity index (χ3v) is 5.69. The van der Waals surface area contributed by atoms with Crippen LogP contribution >= 0.6 is 11.3 Å². The van der Waals surface area contributed by atoms with Crippen molar-refractivity contribution in [2.75, 3.05) is 7.05 Å². The molecule has 0 unspecified atom stereocenters. The Morgan fingerprint density at radius 3 is 2.79 bits per heavy atom. The quantitative estimate of drug-likeness (QED) is 0.910. The number of nitrogens with zero attached hydrogens (tertiary/aromatic N) is 1. The van der Waals surface area contributed by atoms with Gasteiger partial charge >= 0.3 is 5.97 Å².